The van der Waals surface area contributed by atoms with Crippen molar-refractivity contribution in [2.75, 3.05) is 20.2 Å². The molecule has 1 saturated heterocycles. The second-order valence-electron chi connectivity index (χ2n) is 9.08. The molecule has 1 atom stereocenters. The first kappa shape index (κ1) is 24.1. The zero-order valence-electron chi connectivity index (χ0n) is 20.8. The molecule has 1 fully saturated rings. The van der Waals surface area contributed by atoms with Crippen molar-refractivity contribution < 1.29 is 18.7 Å². The molecule has 4 rings (SSSR count). The summed E-state index contributed by atoms with van der Waals surface area (Å²) in [5.41, 5.74) is 2.79. The zero-order chi connectivity index (χ0) is 23.9. The maximum atomic E-state index is 6.74. The number of benzene rings is 2. The van der Waals surface area contributed by atoms with E-state index in [4.69, 9.17) is 18.7 Å². The van der Waals surface area contributed by atoms with Crippen LogP contribution in [-0.4, -0.2) is 42.6 Å². The Bertz CT molecular complexity index is 1040. The van der Waals surface area contributed by atoms with Gasteiger partial charge in [-0.1, -0.05) is 37.1 Å². The monoisotopic (exact) mass is 464 g/mol. The van der Waals surface area contributed by atoms with Gasteiger partial charge in [0.05, 0.1) is 25.0 Å². The molecule has 6 heteroatoms. The molecule has 2 heterocycles. The van der Waals surface area contributed by atoms with Crippen molar-refractivity contribution in [3.63, 3.8) is 0 Å². The quantitative estimate of drug-likeness (QED) is 0.329. The summed E-state index contributed by atoms with van der Waals surface area (Å²) >= 11 is 0. The first-order valence-electron chi connectivity index (χ1n) is 12.4. The smallest absolute Gasteiger partial charge is 0.178 e. The fraction of sp³-hybridized carbons (Fsp3) is 0.464. The summed E-state index contributed by atoms with van der Waals surface area (Å²) in [6.07, 6.45) is 7.61. The molecular formula is C28H36N2O4. The highest BCUT2D eigenvalue weighted by molar-refractivity contribution is 5.82. The second kappa shape index (κ2) is 11.4. The van der Waals surface area contributed by atoms with Crippen molar-refractivity contribution in [3.8, 4) is 39.7 Å². The Labute approximate surface area is 202 Å². The van der Waals surface area contributed by atoms with Gasteiger partial charge in [0.1, 0.15) is 17.2 Å². The van der Waals surface area contributed by atoms with Gasteiger partial charge in [-0.05, 0) is 62.9 Å². The van der Waals surface area contributed by atoms with E-state index in [1.165, 1.54) is 19.3 Å². The van der Waals surface area contributed by atoms with Gasteiger partial charge in [0, 0.05) is 24.7 Å². The Balaban J connectivity index is 1.72. The Kier molecular flexibility index (Phi) is 8.12. The van der Waals surface area contributed by atoms with Crippen LogP contribution in [-0.2, 0) is 0 Å². The fourth-order valence-corrected chi connectivity index (χ4v) is 4.46. The molecule has 0 spiro atoms. The highest BCUT2D eigenvalue weighted by Crippen LogP contribution is 2.40. The number of methoxy groups -OCH3 is 1. The van der Waals surface area contributed by atoms with E-state index >= 15 is 0 Å². The van der Waals surface area contributed by atoms with Crippen LogP contribution in [0.5, 0.6) is 17.2 Å². The molecule has 1 unspecified atom stereocenters. The Morgan fingerprint density at radius 1 is 0.941 bits per heavy atom. The van der Waals surface area contributed by atoms with E-state index in [2.05, 4.69) is 17.0 Å². The molecule has 3 aromatic rings. The van der Waals surface area contributed by atoms with Gasteiger partial charge < -0.3 is 18.7 Å². The molecule has 34 heavy (non-hydrogen) atoms. The van der Waals surface area contributed by atoms with Crippen LogP contribution in [0, 0.1) is 0 Å². The van der Waals surface area contributed by atoms with Gasteiger partial charge >= 0.3 is 0 Å². The molecule has 0 aliphatic carbocycles. The van der Waals surface area contributed by atoms with Gasteiger partial charge in [-0.3, -0.25) is 4.90 Å². The summed E-state index contributed by atoms with van der Waals surface area (Å²) in [5, 5.41) is 4.13. The molecule has 0 N–H and O–H groups in total. The van der Waals surface area contributed by atoms with E-state index in [-0.39, 0.29) is 12.3 Å². The predicted octanol–water partition coefficient (Wildman–Crippen LogP) is 6.80. The summed E-state index contributed by atoms with van der Waals surface area (Å²) in [5.74, 6) is 3.04. The lowest BCUT2D eigenvalue weighted by molar-refractivity contribution is 0.00611. The van der Waals surface area contributed by atoms with Gasteiger partial charge in [-0.15, -0.1) is 0 Å². The summed E-state index contributed by atoms with van der Waals surface area (Å²) in [6.45, 7) is 8.40. The highest BCUT2D eigenvalue weighted by atomic mass is 16.5. The molecule has 1 aromatic heterocycles. The van der Waals surface area contributed by atoms with Crippen LogP contribution in [0.4, 0.5) is 0 Å². The molecule has 0 radical (unpaired) electrons. The average molecular weight is 465 g/mol. The third kappa shape index (κ3) is 5.73. The normalized spacial score (nSPS) is 15.3. The third-order valence-electron chi connectivity index (χ3n) is 6.14. The van der Waals surface area contributed by atoms with Crippen molar-refractivity contribution in [1.82, 2.24) is 10.1 Å². The Hall–Kier alpha value is -2.99. The summed E-state index contributed by atoms with van der Waals surface area (Å²) in [6, 6.07) is 13.9. The van der Waals surface area contributed by atoms with Crippen LogP contribution in [0.1, 0.15) is 52.9 Å². The minimum Gasteiger partial charge on any atom is -0.497 e. The fourth-order valence-electron chi connectivity index (χ4n) is 4.46. The minimum atomic E-state index is 0.0192. The second-order valence-corrected chi connectivity index (χ2v) is 9.08. The molecule has 0 saturated carbocycles. The van der Waals surface area contributed by atoms with Crippen LogP contribution < -0.4 is 14.2 Å². The van der Waals surface area contributed by atoms with Crippen LogP contribution in [0.3, 0.4) is 0 Å². The molecular weight excluding hydrogens is 428 g/mol. The number of likely N-dealkylation sites (tertiary alicyclic amines) is 1. The third-order valence-corrected chi connectivity index (χ3v) is 6.14. The number of hydrogen-bond donors (Lipinski definition) is 0. The summed E-state index contributed by atoms with van der Waals surface area (Å²) in [4.78, 5) is 2.47. The topological polar surface area (TPSA) is 57.0 Å². The van der Waals surface area contributed by atoms with E-state index in [9.17, 15) is 0 Å². The number of nitrogens with zero attached hydrogens (tertiary/aromatic N) is 2. The van der Waals surface area contributed by atoms with Crippen molar-refractivity contribution in [3.05, 3.63) is 48.7 Å². The van der Waals surface area contributed by atoms with E-state index in [0.29, 0.717) is 5.76 Å². The number of aromatic nitrogens is 1. The van der Waals surface area contributed by atoms with E-state index in [0.717, 1.165) is 59.9 Å². The molecule has 2 aromatic carbocycles. The maximum Gasteiger partial charge on any atom is 0.178 e. The summed E-state index contributed by atoms with van der Waals surface area (Å²) in [7, 11) is 1.67. The number of ether oxygens (including phenoxy) is 3. The maximum absolute atomic E-state index is 6.74. The largest absolute Gasteiger partial charge is 0.497 e. The van der Waals surface area contributed by atoms with E-state index < -0.39 is 0 Å². The number of piperidine rings is 1. The molecule has 182 valence electrons. The minimum absolute atomic E-state index is 0.0192. The lowest BCUT2D eigenvalue weighted by Crippen LogP contribution is -2.42. The summed E-state index contributed by atoms with van der Waals surface area (Å²) < 4.78 is 23.8. The van der Waals surface area contributed by atoms with Gasteiger partial charge in [-0.2, -0.15) is 0 Å². The van der Waals surface area contributed by atoms with Crippen molar-refractivity contribution in [2.24, 2.45) is 0 Å². The lowest BCUT2D eigenvalue weighted by atomic mass is 10.0. The average Bonchev–Trinajstić information content (AvgIpc) is 3.34. The van der Waals surface area contributed by atoms with Gasteiger partial charge in [0.2, 0.25) is 0 Å². The van der Waals surface area contributed by atoms with Crippen molar-refractivity contribution >= 4 is 0 Å². The molecule has 0 amide bonds. The van der Waals surface area contributed by atoms with Crippen LogP contribution in [0.2, 0.25) is 0 Å². The van der Waals surface area contributed by atoms with E-state index in [1.807, 2.05) is 56.3 Å². The zero-order valence-corrected chi connectivity index (χ0v) is 20.8. The predicted molar refractivity (Wildman–Crippen MR) is 134 cm³/mol. The Morgan fingerprint density at radius 2 is 1.68 bits per heavy atom. The number of hydrogen-bond acceptors (Lipinski definition) is 6. The first-order chi connectivity index (χ1) is 16.6. The van der Waals surface area contributed by atoms with E-state index in [1.54, 1.807) is 13.3 Å². The SMILES string of the molecule is CCCC(Oc1cc(OC(C)C)ccc1-c1oncc1-c1ccc(OC)cc1)N1CCCCC1. The Morgan fingerprint density at radius 3 is 2.35 bits per heavy atom. The highest BCUT2D eigenvalue weighted by Gasteiger charge is 2.25. The number of rotatable bonds is 10. The van der Waals surface area contributed by atoms with Crippen LogP contribution >= 0.6 is 0 Å². The van der Waals surface area contributed by atoms with Crippen LogP contribution in [0.15, 0.2) is 53.2 Å². The lowest BCUT2D eigenvalue weighted by Gasteiger charge is -2.35. The molecule has 6 nitrogen and oxygen atoms in total. The molecule has 1 aliphatic rings. The van der Waals surface area contributed by atoms with Crippen LogP contribution in [0.25, 0.3) is 22.5 Å². The first-order valence-corrected chi connectivity index (χ1v) is 12.4. The molecule has 1 aliphatic heterocycles. The standard InChI is InChI=1S/C28H36N2O4/c1-5-9-27(30-16-7-6-8-17-30)33-26-18-23(32-20(2)3)14-15-24(26)28-25(19-29-34-28)21-10-12-22(31-4)13-11-21/h10-15,18-20,27H,5-9,16-17H2,1-4H3. The van der Waals surface area contributed by atoms with Gasteiger partial charge in [-0.25, -0.2) is 0 Å². The van der Waals surface area contributed by atoms with Gasteiger partial charge in [0.25, 0.3) is 0 Å². The van der Waals surface area contributed by atoms with Crippen molar-refractivity contribution in [1.29, 1.82) is 0 Å². The van der Waals surface area contributed by atoms with Gasteiger partial charge in [0.15, 0.2) is 12.0 Å². The van der Waals surface area contributed by atoms with Crippen molar-refractivity contribution in [2.45, 2.75) is 65.2 Å². The molecule has 0 bridgehead atoms.